The minimum absolute atomic E-state index is 0.106. The molecule has 1 amide bonds. The molecule has 0 bridgehead atoms. The molecule has 11 heteroatoms. The summed E-state index contributed by atoms with van der Waals surface area (Å²) in [5, 5.41) is 12.9. The highest BCUT2D eigenvalue weighted by Gasteiger charge is 2.11. The number of thiazole rings is 1. The van der Waals surface area contributed by atoms with E-state index < -0.39 is 0 Å². The Labute approximate surface area is 144 Å². The molecule has 23 heavy (non-hydrogen) atoms. The van der Waals surface area contributed by atoms with Gasteiger partial charge in [-0.3, -0.25) is 9.59 Å². The number of ether oxygens (including phenoxy) is 1. The summed E-state index contributed by atoms with van der Waals surface area (Å²) >= 11 is 3.99. The Morgan fingerprint density at radius 3 is 2.96 bits per heavy atom. The molecule has 0 aliphatic carbocycles. The lowest BCUT2D eigenvalue weighted by atomic mass is 10.3. The standard InChI is InChI=1S/C12H15N5O3S3/c1-2-20-9(19)5-7-6-22-11(14-7)15-8(18)3-4-21-12-17-16-10(13)23-12/h6H,2-5H2,1H3,(H2,13,16)(H,14,15,18). The van der Waals surface area contributed by atoms with Gasteiger partial charge >= 0.3 is 5.97 Å². The molecule has 3 N–H and O–H groups in total. The van der Waals surface area contributed by atoms with E-state index in [9.17, 15) is 9.59 Å². The van der Waals surface area contributed by atoms with Crippen LogP contribution in [0.1, 0.15) is 19.0 Å². The quantitative estimate of drug-likeness (QED) is 0.531. The van der Waals surface area contributed by atoms with Gasteiger partial charge in [0.2, 0.25) is 11.0 Å². The molecule has 0 aliphatic rings. The number of amides is 1. The number of carbonyl (C=O) groups excluding carboxylic acids is 2. The number of hydrogen-bond donors (Lipinski definition) is 2. The number of nitrogen functional groups attached to an aromatic ring is 1. The summed E-state index contributed by atoms with van der Waals surface area (Å²) in [6.45, 7) is 2.09. The molecule has 0 atom stereocenters. The molecule has 0 fully saturated rings. The fourth-order valence-corrected chi connectivity index (χ4v) is 3.87. The summed E-state index contributed by atoms with van der Waals surface area (Å²) < 4.78 is 5.59. The summed E-state index contributed by atoms with van der Waals surface area (Å²) in [6.07, 6.45) is 0.422. The van der Waals surface area contributed by atoms with Crippen molar-refractivity contribution in [2.24, 2.45) is 0 Å². The van der Waals surface area contributed by atoms with Crippen LogP contribution < -0.4 is 11.1 Å². The zero-order valence-corrected chi connectivity index (χ0v) is 14.7. The number of carbonyl (C=O) groups is 2. The number of esters is 1. The number of anilines is 2. The molecule has 0 aromatic carbocycles. The summed E-state index contributed by atoms with van der Waals surface area (Å²) in [7, 11) is 0. The molecule has 0 spiro atoms. The maximum Gasteiger partial charge on any atom is 0.311 e. The number of nitrogens with two attached hydrogens (primary N) is 1. The lowest BCUT2D eigenvalue weighted by Crippen LogP contribution is -2.12. The van der Waals surface area contributed by atoms with Crippen LogP contribution in [0, 0.1) is 0 Å². The highest BCUT2D eigenvalue weighted by molar-refractivity contribution is 8.01. The minimum atomic E-state index is -0.330. The second kappa shape index (κ2) is 8.79. The second-order valence-electron chi connectivity index (χ2n) is 4.18. The molecular formula is C12H15N5O3S3. The summed E-state index contributed by atoms with van der Waals surface area (Å²) in [4.78, 5) is 27.4. The van der Waals surface area contributed by atoms with Crippen LogP contribution in [0.2, 0.25) is 0 Å². The predicted molar refractivity (Wildman–Crippen MR) is 90.7 cm³/mol. The average Bonchev–Trinajstić information content (AvgIpc) is 3.08. The maximum absolute atomic E-state index is 11.8. The molecule has 2 heterocycles. The molecule has 2 aromatic rings. The van der Waals surface area contributed by atoms with Gasteiger partial charge in [-0.15, -0.1) is 21.5 Å². The number of hydrogen-bond acceptors (Lipinski definition) is 10. The molecule has 0 saturated carbocycles. The number of nitrogens with one attached hydrogen (secondary N) is 1. The van der Waals surface area contributed by atoms with Crippen LogP contribution in [-0.4, -0.2) is 39.4 Å². The second-order valence-corrected chi connectivity index (χ2v) is 7.39. The van der Waals surface area contributed by atoms with E-state index in [-0.39, 0.29) is 18.3 Å². The highest BCUT2D eigenvalue weighted by atomic mass is 32.2. The molecule has 2 aromatic heterocycles. The van der Waals surface area contributed by atoms with Gasteiger partial charge in [0.15, 0.2) is 9.47 Å². The molecular weight excluding hydrogens is 358 g/mol. The summed E-state index contributed by atoms with van der Waals surface area (Å²) in [6, 6.07) is 0. The van der Waals surface area contributed by atoms with E-state index in [4.69, 9.17) is 10.5 Å². The molecule has 0 unspecified atom stereocenters. The van der Waals surface area contributed by atoms with Crippen molar-refractivity contribution in [2.75, 3.05) is 23.4 Å². The Kier molecular flexibility index (Phi) is 6.74. The predicted octanol–water partition coefficient (Wildman–Crippen LogP) is 1.80. The topological polar surface area (TPSA) is 120 Å². The van der Waals surface area contributed by atoms with Gasteiger partial charge < -0.3 is 15.8 Å². The van der Waals surface area contributed by atoms with E-state index in [0.29, 0.717) is 34.7 Å². The van der Waals surface area contributed by atoms with Crippen molar-refractivity contribution < 1.29 is 14.3 Å². The van der Waals surface area contributed by atoms with Crippen molar-refractivity contribution in [2.45, 2.75) is 24.1 Å². The first-order chi connectivity index (χ1) is 11.1. The molecule has 124 valence electrons. The fraction of sp³-hybridized carbons (Fsp3) is 0.417. The van der Waals surface area contributed by atoms with Crippen molar-refractivity contribution in [3.63, 3.8) is 0 Å². The van der Waals surface area contributed by atoms with Crippen LogP contribution in [0.5, 0.6) is 0 Å². The van der Waals surface area contributed by atoms with Gasteiger partial charge in [0, 0.05) is 17.6 Å². The van der Waals surface area contributed by atoms with Gasteiger partial charge in [-0.25, -0.2) is 4.98 Å². The Hall–Kier alpha value is -1.72. The van der Waals surface area contributed by atoms with Gasteiger partial charge in [-0.05, 0) is 6.92 Å². The first-order valence-electron chi connectivity index (χ1n) is 6.68. The number of nitrogens with zero attached hydrogens (tertiary/aromatic N) is 3. The SMILES string of the molecule is CCOC(=O)Cc1csc(NC(=O)CCSc2nnc(N)s2)n1. The Morgan fingerprint density at radius 1 is 1.43 bits per heavy atom. The largest absolute Gasteiger partial charge is 0.466 e. The molecule has 8 nitrogen and oxygen atoms in total. The van der Waals surface area contributed by atoms with Crippen LogP contribution in [0.15, 0.2) is 9.72 Å². The monoisotopic (exact) mass is 373 g/mol. The zero-order valence-electron chi connectivity index (χ0n) is 12.3. The van der Waals surface area contributed by atoms with E-state index in [0.717, 1.165) is 4.34 Å². The Balaban J connectivity index is 1.72. The van der Waals surface area contributed by atoms with Gasteiger partial charge in [-0.1, -0.05) is 23.1 Å². The molecule has 0 radical (unpaired) electrons. The van der Waals surface area contributed by atoms with Gasteiger partial charge in [0.05, 0.1) is 18.7 Å². The van der Waals surface area contributed by atoms with Gasteiger partial charge in [0.1, 0.15) is 0 Å². The van der Waals surface area contributed by atoms with Crippen molar-refractivity contribution in [1.29, 1.82) is 0 Å². The third kappa shape index (κ3) is 6.12. The normalized spacial score (nSPS) is 10.5. The van der Waals surface area contributed by atoms with Crippen molar-refractivity contribution in [3.05, 3.63) is 11.1 Å². The lowest BCUT2D eigenvalue weighted by molar-refractivity contribution is -0.142. The van der Waals surface area contributed by atoms with E-state index in [2.05, 4.69) is 20.5 Å². The van der Waals surface area contributed by atoms with Crippen LogP contribution in [0.25, 0.3) is 0 Å². The van der Waals surface area contributed by atoms with E-state index in [1.165, 1.54) is 34.4 Å². The lowest BCUT2D eigenvalue weighted by Gasteiger charge is -2.00. The van der Waals surface area contributed by atoms with Crippen molar-refractivity contribution in [3.8, 4) is 0 Å². The fourth-order valence-electron chi connectivity index (χ4n) is 1.50. The number of aromatic nitrogens is 3. The van der Waals surface area contributed by atoms with Crippen LogP contribution >= 0.6 is 34.4 Å². The number of thioether (sulfide) groups is 1. The third-order valence-corrected chi connectivity index (χ3v) is 5.10. The van der Waals surface area contributed by atoms with E-state index in [1.807, 2.05) is 0 Å². The van der Waals surface area contributed by atoms with Crippen molar-refractivity contribution >= 4 is 56.6 Å². The maximum atomic E-state index is 11.8. The van der Waals surface area contributed by atoms with E-state index >= 15 is 0 Å². The Bertz CT molecular complexity index is 672. The van der Waals surface area contributed by atoms with E-state index in [1.54, 1.807) is 12.3 Å². The zero-order chi connectivity index (χ0) is 16.7. The van der Waals surface area contributed by atoms with Gasteiger partial charge in [-0.2, -0.15) is 0 Å². The van der Waals surface area contributed by atoms with Crippen LogP contribution in [0.4, 0.5) is 10.3 Å². The average molecular weight is 373 g/mol. The minimum Gasteiger partial charge on any atom is -0.466 e. The summed E-state index contributed by atoms with van der Waals surface area (Å²) in [5.41, 5.74) is 6.07. The molecule has 2 rings (SSSR count). The van der Waals surface area contributed by atoms with Gasteiger partial charge in [0.25, 0.3) is 0 Å². The highest BCUT2D eigenvalue weighted by Crippen LogP contribution is 2.24. The molecule has 0 aliphatic heterocycles. The Morgan fingerprint density at radius 2 is 2.26 bits per heavy atom. The van der Waals surface area contributed by atoms with Crippen molar-refractivity contribution in [1.82, 2.24) is 15.2 Å². The van der Waals surface area contributed by atoms with Crippen LogP contribution in [0.3, 0.4) is 0 Å². The first kappa shape index (κ1) is 17.6. The first-order valence-corrected chi connectivity index (χ1v) is 9.36. The smallest absolute Gasteiger partial charge is 0.311 e. The summed E-state index contributed by atoms with van der Waals surface area (Å²) in [5.74, 6) is 0.0945. The third-order valence-electron chi connectivity index (χ3n) is 2.41. The number of rotatable bonds is 8. The van der Waals surface area contributed by atoms with Crippen LogP contribution in [-0.2, 0) is 20.7 Å². The molecule has 0 saturated heterocycles.